The van der Waals surface area contributed by atoms with Crippen LogP contribution in [0.3, 0.4) is 0 Å². The highest BCUT2D eigenvalue weighted by atomic mass is 35.5. The van der Waals surface area contributed by atoms with Crippen LogP contribution in [-0.4, -0.2) is 16.1 Å². The molecule has 2 atom stereocenters. The van der Waals surface area contributed by atoms with Crippen molar-refractivity contribution < 1.29 is 4.74 Å². The number of aromatic amines is 1. The molecule has 4 bridgehead atoms. The topological polar surface area (TPSA) is 68.1 Å². The van der Waals surface area contributed by atoms with Crippen LogP contribution < -0.4 is 16.0 Å². The fourth-order valence-electron chi connectivity index (χ4n) is 5.81. The number of nitrogens with one attached hydrogen (secondary N) is 1. The molecule has 3 N–H and O–H groups in total. The second-order valence-corrected chi connectivity index (χ2v) is 9.08. The molecular formula is C20H23ClN2O2. The van der Waals surface area contributed by atoms with Crippen LogP contribution in [0.4, 0.5) is 0 Å². The van der Waals surface area contributed by atoms with Gasteiger partial charge in [0.25, 0.3) is 5.56 Å². The van der Waals surface area contributed by atoms with Gasteiger partial charge >= 0.3 is 0 Å². The highest BCUT2D eigenvalue weighted by molar-refractivity contribution is 6.32. The molecule has 4 nitrogen and oxygen atoms in total. The van der Waals surface area contributed by atoms with Gasteiger partial charge in [-0.1, -0.05) is 11.6 Å². The third kappa shape index (κ3) is 2.27. The van der Waals surface area contributed by atoms with E-state index in [0.717, 1.165) is 30.6 Å². The fourth-order valence-corrected chi connectivity index (χ4v) is 6.02. The van der Waals surface area contributed by atoms with Crippen molar-refractivity contribution in [3.8, 4) is 5.75 Å². The molecule has 4 saturated carbocycles. The molecule has 0 radical (unpaired) electrons. The minimum atomic E-state index is -0.145. The lowest BCUT2D eigenvalue weighted by molar-refractivity contribution is -0.142. The van der Waals surface area contributed by atoms with Crippen LogP contribution in [0.1, 0.15) is 39.0 Å². The average molecular weight is 359 g/mol. The van der Waals surface area contributed by atoms with Crippen molar-refractivity contribution in [2.24, 2.45) is 23.5 Å². The Balaban J connectivity index is 1.53. The van der Waals surface area contributed by atoms with E-state index in [1.165, 1.54) is 12.8 Å². The summed E-state index contributed by atoms with van der Waals surface area (Å²) < 4.78 is 6.59. The molecule has 1 heterocycles. The van der Waals surface area contributed by atoms with Crippen molar-refractivity contribution in [3.05, 3.63) is 39.8 Å². The van der Waals surface area contributed by atoms with E-state index in [2.05, 4.69) is 11.9 Å². The summed E-state index contributed by atoms with van der Waals surface area (Å²) >= 11 is 6.47. The molecule has 6 rings (SSSR count). The minimum Gasteiger partial charge on any atom is -0.486 e. The minimum absolute atomic E-state index is 0.0652. The second-order valence-electron chi connectivity index (χ2n) is 8.67. The summed E-state index contributed by atoms with van der Waals surface area (Å²) in [5, 5.41) is 1.96. The molecule has 0 spiro atoms. The highest BCUT2D eigenvalue weighted by Gasteiger charge is 2.60. The predicted octanol–water partition coefficient (Wildman–Crippen LogP) is 3.86. The molecule has 2 aromatic rings. The van der Waals surface area contributed by atoms with Crippen LogP contribution >= 0.6 is 11.6 Å². The summed E-state index contributed by atoms with van der Waals surface area (Å²) in [6.45, 7) is 2.23. The van der Waals surface area contributed by atoms with Gasteiger partial charge in [-0.3, -0.25) is 4.79 Å². The van der Waals surface area contributed by atoms with Crippen molar-refractivity contribution in [1.29, 1.82) is 0 Å². The van der Waals surface area contributed by atoms with Gasteiger partial charge in [0.2, 0.25) is 0 Å². The van der Waals surface area contributed by atoms with E-state index in [9.17, 15) is 4.79 Å². The van der Waals surface area contributed by atoms with Crippen molar-refractivity contribution >= 4 is 22.4 Å². The number of ether oxygens (including phenoxy) is 1. The maximum absolute atomic E-state index is 12.0. The fraction of sp³-hybridized carbons (Fsp3) is 0.550. The number of rotatable bonds is 2. The predicted molar refractivity (Wildman–Crippen MR) is 99.1 cm³/mol. The summed E-state index contributed by atoms with van der Waals surface area (Å²) in [7, 11) is 0. The van der Waals surface area contributed by atoms with Crippen LogP contribution in [0.5, 0.6) is 5.75 Å². The van der Waals surface area contributed by atoms with Gasteiger partial charge in [0, 0.05) is 17.1 Å². The lowest BCUT2D eigenvalue weighted by Crippen LogP contribution is -2.67. The summed E-state index contributed by atoms with van der Waals surface area (Å²) in [6, 6.07) is 5.52. The summed E-state index contributed by atoms with van der Waals surface area (Å²) in [5.74, 6) is 2.47. The summed E-state index contributed by atoms with van der Waals surface area (Å²) in [4.78, 5) is 14.6. The number of halogens is 1. The molecule has 0 aliphatic heterocycles. The maximum Gasteiger partial charge on any atom is 0.255 e. The average Bonchev–Trinajstić information content (AvgIpc) is 2.54. The number of hydrogen-bond donors (Lipinski definition) is 2. The van der Waals surface area contributed by atoms with Gasteiger partial charge in [-0.25, -0.2) is 0 Å². The molecular weight excluding hydrogens is 336 g/mol. The van der Waals surface area contributed by atoms with E-state index >= 15 is 0 Å². The van der Waals surface area contributed by atoms with E-state index in [1.54, 1.807) is 12.3 Å². The Bertz CT molecular complexity index is 902. The SMILES string of the molecule is CC1(N)C2CC3CC1CC(Oc1cc4cc[nH]c(=O)c4cc1Cl)(C3)C2. The third-order valence-corrected chi connectivity index (χ3v) is 7.34. The second kappa shape index (κ2) is 5.01. The van der Waals surface area contributed by atoms with Crippen molar-refractivity contribution in [3.63, 3.8) is 0 Å². The number of fused-ring (bicyclic) bond motifs is 1. The first-order chi connectivity index (χ1) is 11.9. The number of aromatic nitrogens is 1. The number of benzene rings is 1. The zero-order valence-corrected chi connectivity index (χ0v) is 15.1. The van der Waals surface area contributed by atoms with E-state index in [-0.39, 0.29) is 16.7 Å². The van der Waals surface area contributed by atoms with Crippen LogP contribution in [0.15, 0.2) is 29.2 Å². The van der Waals surface area contributed by atoms with Crippen LogP contribution in [-0.2, 0) is 0 Å². The number of nitrogens with two attached hydrogens (primary N) is 1. The molecule has 0 amide bonds. The zero-order valence-electron chi connectivity index (χ0n) is 14.3. The Hall–Kier alpha value is -1.52. The molecule has 132 valence electrons. The first kappa shape index (κ1) is 15.7. The Kier molecular flexibility index (Phi) is 3.15. The van der Waals surface area contributed by atoms with Crippen molar-refractivity contribution in [1.82, 2.24) is 4.98 Å². The molecule has 4 aliphatic rings. The quantitative estimate of drug-likeness (QED) is 0.856. The molecule has 25 heavy (non-hydrogen) atoms. The van der Waals surface area contributed by atoms with E-state index in [1.807, 2.05) is 12.1 Å². The van der Waals surface area contributed by atoms with Gasteiger partial charge in [-0.2, -0.15) is 0 Å². The molecule has 1 aromatic heterocycles. The van der Waals surface area contributed by atoms with Gasteiger partial charge in [0.1, 0.15) is 11.4 Å². The zero-order chi connectivity index (χ0) is 17.4. The molecule has 1 aromatic carbocycles. The first-order valence-electron chi connectivity index (χ1n) is 9.15. The van der Waals surface area contributed by atoms with Crippen LogP contribution in [0.25, 0.3) is 10.8 Å². The Morgan fingerprint density at radius 2 is 1.96 bits per heavy atom. The van der Waals surface area contributed by atoms with Gasteiger partial charge in [0.15, 0.2) is 0 Å². The standard InChI is InChI=1S/C20H23ClN2O2/c1-19(22)13-4-11-5-14(19)10-20(8-11,9-13)25-17-6-12-2-3-23-18(24)15(12)7-16(17)21/h2-3,6-7,11,13-14H,4-5,8-10,22H2,1H3,(H,23,24). The monoisotopic (exact) mass is 358 g/mol. The van der Waals surface area contributed by atoms with E-state index in [4.69, 9.17) is 22.1 Å². The first-order valence-corrected chi connectivity index (χ1v) is 9.53. The van der Waals surface area contributed by atoms with Crippen molar-refractivity contribution in [2.75, 3.05) is 0 Å². The van der Waals surface area contributed by atoms with Gasteiger partial charge in [0.05, 0.1) is 5.02 Å². The normalized spacial score (nSPS) is 39.1. The number of hydrogen-bond acceptors (Lipinski definition) is 3. The van der Waals surface area contributed by atoms with Gasteiger partial charge in [-0.05, 0) is 80.4 Å². The maximum atomic E-state index is 12.0. The van der Waals surface area contributed by atoms with Crippen LogP contribution in [0, 0.1) is 17.8 Å². The Morgan fingerprint density at radius 3 is 2.68 bits per heavy atom. The van der Waals surface area contributed by atoms with Gasteiger partial charge in [-0.15, -0.1) is 0 Å². The molecule has 4 aliphatic carbocycles. The smallest absolute Gasteiger partial charge is 0.255 e. The number of pyridine rings is 1. The van der Waals surface area contributed by atoms with Crippen molar-refractivity contribution in [2.45, 2.75) is 50.2 Å². The summed E-state index contributed by atoms with van der Waals surface area (Å²) in [5.41, 5.74) is 6.33. The van der Waals surface area contributed by atoms with Crippen LogP contribution in [0.2, 0.25) is 5.02 Å². The Morgan fingerprint density at radius 1 is 1.24 bits per heavy atom. The molecule has 5 heteroatoms. The third-order valence-electron chi connectivity index (χ3n) is 7.04. The van der Waals surface area contributed by atoms with E-state index < -0.39 is 0 Å². The van der Waals surface area contributed by atoms with Gasteiger partial charge < -0.3 is 15.5 Å². The summed E-state index contributed by atoms with van der Waals surface area (Å²) in [6.07, 6.45) is 7.24. The molecule has 0 saturated heterocycles. The lowest BCUT2D eigenvalue weighted by Gasteiger charge is -2.62. The molecule has 4 fully saturated rings. The molecule has 2 unspecified atom stereocenters. The van der Waals surface area contributed by atoms with E-state index in [0.29, 0.717) is 28.0 Å². The Labute approximate surface area is 151 Å². The number of H-pyrrole nitrogens is 1. The lowest BCUT2D eigenvalue weighted by atomic mass is 9.47. The largest absolute Gasteiger partial charge is 0.486 e. The highest BCUT2D eigenvalue weighted by Crippen LogP contribution is 2.60.